The lowest BCUT2D eigenvalue weighted by Gasteiger charge is -2.32. The summed E-state index contributed by atoms with van der Waals surface area (Å²) < 4.78 is 5.20. The van der Waals surface area contributed by atoms with Crippen molar-refractivity contribution < 1.29 is 9.53 Å². The summed E-state index contributed by atoms with van der Waals surface area (Å²) in [4.78, 5) is 18.5. The van der Waals surface area contributed by atoms with Crippen LogP contribution < -0.4 is 5.32 Å². The van der Waals surface area contributed by atoms with Crippen molar-refractivity contribution >= 4 is 11.6 Å². The maximum absolute atomic E-state index is 12.5. The van der Waals surface area contributed by atoms with Crippen molar-refractivity contribution in [3.05, 3.63) is 24.0 Å². The van der Waals surface area contributed by atoms with Crippen LogP contribution in [0.2, 0.25) is 0 Å². The lowest BCUT2D eigenvalue weighted by Crippen LogP contribution is -2.41. The zero-order valence-electron chi connectivity index (χ0n) is 11.6. The fourth-order valence-corrected chi connectivity index (χ4v) is 2.57. The van der Waals surface area contributed by atoms with Gasteiger partial charge < -0.3 is 15.0 Å². The summed E-state index contributed by atoms with van der Waals surface area (Å²) in [6, 6.07) is 1.77. The fraction of sp³-hybridized carbons (Fsp3) is 0.571. The molecule has 0 bridgehead atoms. The lowest BCUT2D eigenvalue weighted by molar-refractivity contribution is 0.0571. The van der Waals surface area contributed by atoms with E-state index in [2.05, 4.69) is 10.3 Å². The smallest absolute Gasteiger partial charge is 0.256 e. The minimum atomic E-state index is 0.0764. The average molecular weight is 263 g/mol. The molecule has 5 heteroatoms. The normalized spacial score (nSPS) is 19.3. The van der Waals surface area contributed by atoms with Gasteiger partial charge in [0.25, 0.3) is 5.91 Å². The first kappa shape index (κ1) is 13.8. The number of hydrogen-bond acceptors (Lipinski definition) is 4. The van der Waals surface area contributed by atoms with Crippen molar-refractivity contribution in [3.63, 3.8) is 0 Å². The molecule has 1 aromatic heterocycles. The lowest BCUT2D eigenvalue weighted by atomic mass is 9.98. The van der Waals surface area contributed by atoms with E-state index in [1.54, 1.807) is 32.6 Å². The number of carbonyl (C=O) groups is 1. The van der Waals surface area contributed by atoms with Crippen molar-refractivity contribution in [2.45, 2.75) is 12.8 Å². The largest absolute Gasteiger partial charge is 0.386 e. The summed E-state index contributed by atoms with van der Waals surface area (Å²) in [5.41, 5.74) is 1.47. The first-order valence-electron chi connectivity index (χ1n) is 6.66. The van der Waals surface area contributed by atoms with Crippen LogP contribution in [0.15, 0.2) is 18.5 Å². The summed E-state index contributed by atoms with van der Waals surface area (Å²) in [6.07, 6.45) is 5.51. The number of pyridine rings is 1. The third-order valence-electron chi connectivity index (χ3n) is 3.53. The summed E-state index contributed by atoms with van der Waals surface area (Å²) in [6.45, 7) is 2.32. The number of anilines is 1. The molecular formula is C14H21N3O2. The molecule has 0 aliphatic carbocycles. The molecule has 19 heavy (non-hydrogen) atoms. The maximum atomic E-state index is 12.5. The Kier molecular flexibility index (Phi) is 4.74. The van der Waals surface area contributed by atoms with E-state index in [9.17, 15) is 4.79 Å². The molecule has 2 heterocycles. The van der Waals surface area contributed by atoms with Crippen molar-refractivity contribution in [1.82, 2.24) is 9.88 Å². The number of carbonyl (C=O) groups excluding carboxylic acids is 1. The Morgan fingerprint density at radius 2 is 2.47 bits per heavy atom. The number of piperidine rings is 1. The van der Waals surface area contributed by atoms with Gasteiger partial charge in [0.2, 0.25) is 0 Å². The molecule has 0 saturated carbocycles. The van der Waals surface area contributed by atoms with Gasteiger partial charge in [0.15, 0.2) is 0 Å². The van der Waals surface area contributed by atoms with Crippen LogP contribution in [-0.4, -0.2) is 49.6 Å². The Morgan fingerprint density at radius 3 is 3.21 bits per heavy atom. The summed E-state index contributed by atoms with van der Waals surface area (Å²) in [7, 11) is 3.51. The second-order valence-electron chi connectivity index (χ2n) is 4.89. The van der Waals surface area contributed by atoms with E-state index in [4.69, 9.17) is 4.74 Å². The van der Waals surface area contributed by atoms with Gasteiger partial charge in [-0.2, -0.15) is 0 Å². The maximum Gasteiger partial charge on any atom is 0.256 e. The summed E-state index contributed by atoms with van der Waals surface area (Å²) >= 11 is 0. The van der Waals surface area contributed by atoms with Crippen LogP contribution in [-0.2, 0) is 4.74 Å². The molecule has 2 rings (SSSR count). The van der Waals surface area contributed by atoms with Gasteiger partial charge in [-0.05, 0) is 24.8 Å². The van der Waals surface area contributed by atoms with E-state index in [0.717, 1.165) is 38.2 Å². The van der Waals surface area contributed by atoms with E-state index < -0.39 is 0 Å². The van der Waals surface area contributed by atoms with Gasteiger partial charge in [0.1, 0.15) is 0 Å². The molecule has 1 aliphatic heterocycles. The first-order chi connectivity index (χ1) is 9.26. The molecular weight excluding hydrogens is 242 g/mol. The third-order valence-corrected chi connectivity index (χ3v) is 3.53. The molecule has 104 valence electrons. The van der Waals surface area contributed by atoms with Gasteiger partial charge in [0.05, 0.1) is 24.1 Å². The molecule has 0 spiro atoms. The minimum Gasteiger partial charge on any atom is -0.386 e. The van der Waals surface area contributed by atoms with Crippen LogP contribution in [0, 0.1) is 5.92 Å². The van der Waals surface area contributed by atoms with Gasteiger partial charge in [-0.3, -0.25) is 9.78 Å². The molecule has 1 aromatic rings. The second-order valence-corrected chi connectivity index (χ2v) is 4.89. The molecule has 5 nitrogen and oxygen atoms in total. The van der Waals surface area contributed by atoms with E-state index in [1.165, 1.54) is 0 Å². The van der Waals surface area contributed by atoms with E-state index >= 15 is 0 Å². The molecule has 0 radical (unpaired) electrons. The quantitative estimate of drug-likeness (QED) is 0.897. The Balaban J connectivity index is 2.10. The first-order valence-corrected chi connectivity index (χ1v) is 6.66. The van der Waals surface area contributed by atoms with Gasteiger partial charge in [-0.15, -0.1) is 0 Å². The molecule has 1 fully saturated rings. The standard InChI is InChI=1S/C14H21N3O2/c1-15-13-8-16-6-5-12(13)14(18)17-7-3-4-11(9-17)10-19-2/h5-6,8,11,15H,3-4,7,9-10H2,1-2H3. The van der Waals surface area contributed by atoms with Gasteiger partial charge >= 0.3 is 0 Å². The van der Waals surface area contributed by atoms with Gasteiger partial charge in [0, 0.05) is 33.4 Å². The van der Waals surface area contributed by atoms with E-state index in [1.807, 2.05) is 4.90 Å². The molecule has 1 N–H and O–H groups in total. The zero-order valence-corrected chi connectivity index (χ0v) is 11.6. The number of likely N-dealkylation sites (tertiary alicyclic amines) is 1. The topological polar surface area (TPSA) is 54.5 Å². The van der Waals surface area contributed by atoms with Crippen LogP contribution >= 0.6 is 0 Å². The Labute approximate surface area is 114 Å². The predicted octanol–water partition coefficient (Wildman–Crippen LogP) is 1.62. The number of hydrogen-bond donors (Lipinski definition) is 1. The van der Waals surface area contributed by atoms with Crippen LogP contribution in [0.1, 0.15) is 23.2 Å². The monoisotopic (exact) mass is 263 g/mol. The van der Waals surface area contributed by atoms with Gasteiger partial charge in [-0.1, -0.05) is 0 Å². The average Bonchev–Trinajstić information content (AvgIpc) is 2.47. The summed E-state index contributed by atoms with van der Waals surface area (Å²) in [5.74, 6) is 0.523. The predicted molar refractivity (Wildman–Crippen MR) is 74.3 cm³/mol. The van der Waals surface area contributed by atoms with Crippen molar-refractivity contribution in [3.8, 4) is 0 Å². The van der Waals surface area contributed by atoms with Crippen molar-refractivity contribution in [2.24, 2.45) is 5.92 Å². The molecule has 1 unspecified atom stereocenters. The second kappa shape index (κ2) is 6.52. The SMILES string of the molecule is CNc1cnccc1C(=O)N1CCCC(COC)C1. The fourth-order valence-electron chi connectivity index (χ4n) is 2.57. The molecule has 1 atom stereocenters. The van der Waals surface area contributed by atoms with Crippen LogP contribution in [0.5, 0.6) is 0 Å². The number of nitrogens with zero attached hydrogens (tertiary/aromatic N) is 2. The minimum absolute atomic E-state index is 0.0764. The highest BCUT2D eigenvalue weighted by atomic mass is 16.5. The highest BCUT2D eigenvalue weighted by molar-refractivity contribution is 5.99. The Morgan fingerprint density at radius 1 is 1.63 bits per heavy atom. The zero-order chi connectivity index (χ0) is 13.7. The number of methoxy groups -OCH3 is 1. The summed E-state index contributed by atoms with van der Waals surface area (Å²) in [5, 5.41) is 3.02. The Hall–Kier alpha value is -1.62. The van der Waals surface area contributed by atoms with Crippen molar-refractivity contribution in [1.29, 1.82) is 0 Å². The van der Waals surface area contributed by atoms with E-state index in [-0.39, 0.29) is 5.91 Å². The number of rotatable bonds is 4. The number of aromatic nitrogens is 1. The van der Waals surface area contributed by atoms with E-state index in [0.29, 0.717) is 11.5 Å². The van der Waals surface area contributed by atoms with Gasteiger partial charge in [-0.25, -0.2) is 0 Å². The van der Waals surface area contributed by atoms with Crippen LogP contribution in [0.25, 0.3) is 0 Å². The molecule has 0 aromatic carbocycles. The van der Waals surface area contributed by atoms with Crippen LogP contribution in [0.3, 0.4) is 0 Å². The van der Waals surface area contributed by atoms with Crippen LogP contribution in [0.4, 0.5) is 5.69 Å². The molecule has 1 saturated heterocycles. The third kappa shape index (κ3) is 3.23. The number of ether oxygens (including phenoxy) is 1. The Bertz CT molecular complexity index is 434. The number of nitrogens with one attached hydrogen (secondary N) is 1. The number of amides is 1. The highest BCUT2D eigenvalue weighted by Crippen LogP contribution is 2.21. The molecule has 1 amide bonds. The van der Waals surface area contributed by atoms with Crippen molar-refractivity contribution in [2.75, 3.05) is 39.2 Å². The molecule has 1 aliphatic rings. The highest BCUT2D eigenvalue weighted by Gasteiger charge is 2.25.